The van der Waals surface area contributed by atoms with Gasteiger partial charge in [0, 0.05) is 25.3 Å². The zero-order chi connectivity index (χ0) is 18.3. The lowest BCUT2D eigenvalue weighted by Crippen LogP contribution is -2.46. The Balaban J connectivity index is 2.53. The second-order valence-electron chi connectivity index (χ2n) is 6.42. The molecule has 132 valence electrons. The van der Waals surface area contributed by atoms with Gasteiger partial charge in [-0.05, 0) is 32.9 Å². The smallest absolute Gasteiger partial charge is 0.340 e. The van der Waals surface area contributed by atoms with Crippen molar-refractivity contribution in [2.75, 3.05) is 32.6 Å². The van der Waals surface area contributed by atoms with Gasteiger partial charge in [-0.15, -0.1) is 0 Å². The average molecular weight is 335 g/mol. The fourth-order valence-corrected chi connectivity index (χ4v) is 1.96. The second kappa shape index (κ2) is 8.33. The van der Waals surface area contributed by atoms with E-state index in [-0.39, 0.29) is 18.0 Å². The molecule has 24 heavy (non-hydrogen) atoms. The number of anilines is 1. The third kappa shape index (κ3) is 6.28. The molecule has 0 atom stereocenters. The molecule has 0 spiro atoms. The number of nitrogens with zero attached hydrogens (tertiary/aromatic N) is 1. The van der Waals surface area contributed by atoms with Crippen molar-refractivity contribution in [2.45, 2.75) is 26.3 Å². The summed E-state index contributed by atoms with van der Waals surface area (Å²) in [7, 11) is 3.18. The van der Waals surface area contributed by atoms with Gasteiger partial charge in [-0.1, -0.05) is 12.1 Å². The number of nitrogens with one attached hydrogen (secondary N) is 2. The van der Waals surface area contributed by atoms with Crippen LogP contribution in [-0.2, 0) is 14.3 Å². The van der Waals surface area contributed by atoms with Crippen molar-refractivity contribution in [3.05, 3.63) is 29.8 Å². The van der Waals surface area contributed by atoms with Crippen molar-refractivity contribution in [1.82, 2.24) is 10.2 Å². The number of esters is 1. The number of carbonyl (C=O) groups excluding carboxylic acids is 3. The van der Waals surface area contributed by atoms with Crippen LogP contribution in [0.5, 0.6) is 0 Å². The number of para-hydroxylation sites is 1. The van der Waals surface area contributed by atoms with Gasteiger partial charge in [0.1, 0.15) is 0 Å². The van der Waals surface area contributed by atoms with Crippen LogP contribution in [-0.4, -0.2) is 55.5 Å². The molecule has 1 rings (SSSR count). The molecule has 1 aromatic rings. The molecule has 7 nitrogen and oxygen atoms in total. The molecule has 0 fully saturated rings. The first-order valence-corrected chi connectivity index (χ1v) is 7.63. The molecule has 0 radical (unpaired) electrons. The standard InChI is InChI=1S/C17H25N3O4/c1-17(2,3)19-14(21)10-20(5)15(22)11-24-16(23)12-8-6-7-9-13(12)18-4/h6-9,18H,10-11H2,1-5H3,(H,19,21). The monoisotopic (exact) mass is 335 g/mol. The third-order valence-electron chi connectivity index (χ3n) is 3.06. The van der Waals surface area contributed by atoms with Crippen LogP contribution in [0.1, 0.15) is 31.1 Å². The first kappa shape index (κ1) is 19.5. The maximum atomic E-state index is 12.0. The molecule has 0 heterocycles. The van der Waals surface area contributed by atoms with Crippen LogP contribution in [0.3, 0.4) is 0 Å². The van der Waals surface area contributed by atoms with E-state index < -0.39 is 18.5 Å². The summed E-state index contributed by atoms with van der Waals surface area (Å²) in [4.78, 5) is 37.1. The van der Waals surface area contributed by atoms with E-state index in [9.17, 15) is 14.4 Å². The summed E-state index contributed by atoms with van der Waals surface area (Å²) in [6.07, 6.45) is 0. The van der Waals surface area contributed by atoms with Gasteiger partial charge in [0.15, 0.2) is 6.61 Å². The molecule has 0 aliphatic heterocycles. The van der Waals surface area contributed by atoms with E-state index in [0.717, 1.165) is 0 Å². The first-order chi connectivity index (χ1) is 11.1. The summed E-state index contributed by atoms with van der Waals surface area (Å²) in [6, 6.07) is 6.85. The number of carbonyl (C=O) groups is 3. The second-order valence-corrected chi connectivity index (χ2v) is 6.42. The van der Waals surface area contributed by atoms with Crippen molar-refractivity contribution in [1.29, 1.82) is 0 Å². The maximum absolute atomic E-state index is 12.0. The van der Waals surface area contributed by atoms with Crippen LogP contribution < -0.4 is 10.6 Å². The summed E-state index contributed by atoms with van der Waals surface area (Å²) in [5, 5.41) is 5.65. The van der Waals surface area contributed by atoms with E-state index in [4.69, 9.17) is 4.74 Å². The summed E-state index contributed by atoms with van der Waals surface area (Å²) in [6.45, 7) is 5.05. The van der Waals surface area contributed by atoms with Crippen molar-refractivity contribution >= 4 is 23.5 Å². The Morgan fingerprint density at radius 1 is 1.17 bits per heavy atom. The minimum atomic E-state index is -0.596. The molecule has 0 unspecified atom stereocenters. The fourth-order valence-electron chi connectivity index (χ4n) is 1.96. The highest BCUT2D eigenvalue weighted by atomic mass is 16.5. The number of benzene rings is 1. The third-order valence-corrected chi connectivity index (χ3v) is 3.06. The predicted molar refractivity (Wildman–Crippen MR) is 91.8 cm³/mol. The Morgan fingerprint density at radius 2 is 1.79 bits per heavy atom. The zero-order valence-corrected chi connectivity index (χ0v) is 14.8. The number of hydrogen-bond donors (Lipinski definition) is 2. The number of hydrogen-bond acceptors (Lipinski definition) is 5. The molecule has 1 aromatic carbocycles. The van der Waals surface area contributed by atoms with Crippen molar-refractivity contribution in [2.24, 2.45) is 0 Å². The van der Waals surface area contributed by atoms with Crippen LogP contribution in [0.15, 0.2) is 24.3 Å². The molecule has 7 heteroatoms. The van der Waals surface area contributed by atoms with E-state index >= 15 is 0 Å². The number of amides is 2. The molecule has 0 aromatic heterocycles. The summed E-state index contributed by atoms with van der Waals surface area (Å²) >= 11 is 0. The Hall–Kier alpha value is -2.57. The average Bonchev–Trinajstić information content (AvgIpc) is 2.50. The highest BCUT2D eigenvalue weighted by Gasteiger charge is 2.19. The zero-order valence-electron chi connectivity index (χ0n) is 14.8. The highest BCUT2D eigenvalue weighted by molar-refractivity contribution is 5.96. The van der Waals surface area contributed by atoms with Crippen molar-refractivity contribution < 1.29 is 19.1 Å². The van der Waals surface area contributed by atoms with Crippen LogP contribution in [0.4, 0.5) is 5.69 Å². The van der Waals surface area contributed by atoms with Gasteiger partial charge in [0.05, 0.1) is 12.1 Å². The van der Waals surface area contributed by atoms with Gasteiger partial charge in [0.2, 0.25) is 5.91 Å². The van der Waals surface area contributed by atoms with Crippen LogP contribution in [0.2, 0.25) is 0 Å². The van der Waals surface area contributed by atoms with Gasteiger partial charge in [0.25, 0.3) is 5.91 Å². The van der Waals surface area contributed by atoms with Gasteiger partial charge in [-0.2, -0.15) is 0 Å². The molecule has 2 amide bonds. The van der Waals surface area contributed by atoms with E-state index in [1.807, 2.05) is 20.8 Å². The lowest BCUT2D eigenvalue weighted by atomic mass is 10.1. The minimum absolute atomic E-state index is 0.0965. The predicted octanol–water partition coefficient (Wildman–Crippen LogP) is 1.26. The molecule has 0 saturated heterocycles. The Kier molecular flexibility index (Phi) is 6.76. The first-order valence-electron chi connectivity index (χ1n) is 7.63. The van der Waals surface area contributed by atoms with Crippen LogP contribution >= 0.6 is 0 Å². The molecule has 0 saturated carbocycles. The van der Waals surface area contributed by atoms with Crippen molar-refractivity contribution in [3.8, 4) is 0 Å². The van der Waals surface area contributed by atoms with Gasteiger partial charge < -0.3 is 20.3 Å². The van der Waals surface area contributed by atoms with E-state index in [1.54, 1.807) is 31.3 Å². The lowest BCUT2D eigenvalue weighted by molar-refractivity contribution is -0.137. The molecular weight excluding hydrogens is 310 g/mol. The summed E-state index contributed by atoms with van der Waals surface area (Å²) < 4.78 is 5.03. The van der Waals surface area contributed by atoms with E-state index in [2.05, 4.69) is 10.6 Å². The molecule has 0 aliphatic carbocycles. The maximum Gasteiger partial charge on any atom is 0.340 e. The van der Waals surface area contributed by atoms with Crippen LogP contribution in [0, 0.1) is 0 Å². The number of rotatable bonds is 6. The molecular formula is C17H25N3O4. The van der Waals surface area contributed by atoms with E-state index in [0.29, 0.717) is 11.3 Å². The topological polar surface area (TPSA) is 87.7 Å². The fraction of sp³-hybridized carbons (Fsp3) is 0.471. The molecule has 0 aliphatic rings. The number of ether oxygens (including phenoxy) is 1. The van der Waals surface area contributed by atoms with Gasteiger partial charge in [-0.25, -0.2) is 4.79 Å². The summed E-state index contributed by atoms with van der Waals surface area (Å²) in [5.41, 5.74) is 0.596. The van der Waals surface area contributed by atoms with Gasteiger partial charge >= 0.3 is 5.97 Å². The largest absolute Gasteiger partial charge is 0.452 e. The van der Waals surface area contributed by atoms with Crippen LogP contribution in [0.25, 0.3) is 0 Å². The minimum Gasteiger partial charge on any atom is -0.452 e. The normalized spacial score (nSPS) is 10.7. The van der Waals surface area contributed by atoms with E-state index in [1.165, 1.54) is 11.9 Å². The Labute approximate surface area is 142 Å². The number of likely N-dealkylation sites (N-methyl/N-ethyl adjacent to an activating group) is 1. The SMILES string of the molecule is CNc1ccccc1C(=O)OCC(=O)N(C)CC(=O)NC(C)(C)C. The van der Waals surface area contributed by atoms with Gasteiger partial charge in [-0.3, -0.25) is 9.59 Å². The quantitative estimate of drug-likeness (QED) is 0.764. The highest BCUT2D eigenvalue weighted by Crippen LogP contribution is 2.15. The Bertz CT molecular complexity index is 608. The molecule has 0 bridgehead atoms. The Morgan fingerprint density at radius 3 is 2.38 bits per heavy atom. The summed E-state index contributed by atoms with van der Waals surface area (Å²) in [5.74, 6) is -1.32. The lowest BCUT2D eigenvalue weighted by Gasteiger charge is -2.23. The molecule has 2 N–H and O–H groups in total. The van der Waals surface area contributed by atoms with Crippen molar-refractivity contribution in [3.63, 3.8) is 0 Å².